The van der Waals surface area contributed by atoms with Gasteiger partial charge in [0.25, 0.3) is 5.91 Å². The summed E-state index contributed by atoms with van der Waals surface area (Å²) in [6, 6.07) is 5.14. The minimum atomic E-state index is -0.815. The molecule has 1 aromatic carbocycles. The summed E-state index contributed by atoms with van der Waals surface area (Å²) in [5, 5.41) is 2.47. The van der Waals surface area contributed by atoms with Crippen molar-refractivity contribution in [3.05, 3.63) is 42.2 Å². The molecule has 8 heteroatoms. The number of rotatable bonds is 5. The fourth-order valence-electron chi connectivity index (χ4n) is 5.23. The first-order valence-corrected chi connectivity index (χ1v) is 9.68. The van der Waals surface area contributed by atoms with Crippen molar-refractivity contribution in [3.63, 3.8) is 0 Å². The predicted octanol–water partition coefficient (Wildman–Crippen LogP) is 1.36. The molecule has 6 rings (SSSR count). The molecule has 2 bridgehead atoms. The fourth-order valence-corrected chi connectivity index (χ4v) is 5.23. The molecule has 1 aromatic rings. The van der Waals surface area contributed by atoms with Gasteiger partial charge in [-0.3, -0.25) is 24.1 Å². The van der Waals surface area contributed by atoms with Gasteiger partial charge in [0.15, 0.2) is 6.61 Å². The van der Waals surface area contributed by atoms with Crippen molar-refractivity contribution in [1.29, 1.82) is 0 Å². The second-order valence-electron chi connectivity index (χ2n) is 8.13. The number of carbonyl (C=O) groups excluding carboxylic acids is 4. The van der Waals surface area contributed by atoms with E-state index in [9.17, 15) is 23.6 Å². The monoisotopic (exact) mass is 398 g/mol. The molecule has 1 aliphatic heterocycles. The Hall–Kier alpha value is -3.03. The van der Waals surface area contributed by atoms with Gasteiger partial charge in [0, 0.05) is 5.69 Å². The van der Waals surface area contributed by atoms with Crippen molar-refractivity contribution in [2.45, 2.75) is 6.42 Å². The van der Waals surface area contributed by atoms with Crippen molar-refractivity contribution < 1.29 is 28.3 Å². The van der Waals surface area contributed by atoms with Gasteiger partial charge in [-0.05, 0) is 54.4 Å². The number of carbonyl (C=O) groups is 4. The molecule has 150 valence electrons. The predicted molar refractivity (Wildman–Crippen MR) is 97.4 cm³/mol. The maximum atomic E-state index is 12.9. The molecule has 2 saturated carbocycles. The van der Waals surface area contributed by atoms with Crippen LogP contribution in [0.3, 0.4) is 0 Å². The largest absolute Gasteiger partial charge is 0.454 e. The highest BCUT2D eigenvalue weighted by Gasteiger charge is 2.67. The number of esters is 1. The lowest BCUT2D eigenvalue weighted by molar-refractivity contribution is -0.154. The van der Waals surface area contributed by atoms with E-state index in [4.69, 9.17) is 4.74 Å². The maximum Gasteiger partial charge on any atom is 0.326 e. The van der Waals surface area contributed by atoms with E-state index in [2.05, 4.69) is 17.5 Å². The molecule has 7 nitrogen and oxygen atoms in total. The summed E-state index contributed by atoms with van der Waals surface area (Å²) in [4.78, 5) is 50.6. The van der Waals surface area contributed by atoms with Gasteiger partial charge in [-0.1, -0.05) is 12.2 Å². The van der Waals surface area contributed by atoms with Crippen molar-refractivity contribution in [2.24, 2.45) is 35.5 Å². The number of nitrogens with zero attached hydrogens (tertiary/aromatic N) is 1. The Morgan fingerprint density at radius 3 is 2.21 bits per heavy atom. The van der Waals surface area contributed by atoms with Gasteiger partial charge in [-0.15, -0.1) is 0 Å². The van der Waals surface area contributed by atoms with Crippen molar-refractivity contribution >= 4 is 29.4 Å². The number of imide groups is 1. The first kappa shape index (κ1) is 18.0. The zero-order valence-electron chi connectivity index (χ0n) is 15.4. The number of ether oxygens (including phenoxy) is 1. The van der Waals surface area contributed by atoms with Crippen molar-refractivity contribution in [2.75, 3.05) is 18.5 Å². The number of allylic oxidation sites excluding steroid dienone is 2. The number of hydrogen-bond acceptors (Lipinski definition) is 5. The van der Waals surface area contributed by atoms with E-state index >= 15 is 0 Å². The summed E-state index contributed by atoms with van der Waals surface area (Å²) in [6.07, 6.45) is 5.20. The lowest BCUT2D eigenvalue weighted by Gasteiger charge is -2.37. The molecule has 0 radical (unpaired) electrons. The maximum absolute atomic E-state index is 12.9. The smallest absolute Gasteiger partial charge is 0.326 e. The van der Waals surface area contributed by atoms with Gasteiger partial charge in [-0.25, -0.2) is 4.39 Å². The second kappa shape index (κ2) is 6.50. The summed E-state index contributed by atoms with van der Waals surface area (Å²) in [7, 11) is 0. The topological polar surface area (TPSA) is 92.8 Å². The SMILES string of the molecule is O=C(COC(=O)CN1C(=O)[C@@H]2[C@H]3C=C[C@@H]([C@@H]4C[C@@H]34)[C@H]2C1=O)Nc1ccc(F)cc1. The normalized spacial score (nSPS) is 33.3. The quantitative estimate of drug-likeness (QED) is 0.459. The van der Waals surface area contributed by atoms with Gasteiger partial charge < -0.3 is 10.1 Å². The van der Waals surface area contributed by atoms with E-state index in [1.54, 1.807) is 0 Å². The summed E-state index contributed by atoms with van der Waals surface area (Å²) in [5.74, 6) is -2.03. The Kier molecular flexibility index (Phi) is 4.04. The van der Waals surface area contributed by atoms with Gasteiger partial charge in [0.2, 0.25) is 11.8 Å². The van der Waals surface area contributed by atoms with Crippen molar-refractivity contribution in [3.8, 4) is 0 Å². The molecule has 3 amide bonds. The summed E-state index contributed by atoms with van der Waals surface area (Å²) in [6.45, 7) is -1.04. The van der Waals surface area contributed by atoms with Crippen LogP contribution in [0, 0.1) is 41.3 Å². The number of hydrogen-bond donors (Lipinski definition) is 1. The highest BCUT2D eigenvalue weighted by Crippen LogP contribution is 2.65. The standard InChI is InChI=1S/C21H19FN2O5/c22-10-1-3-11(4-2-10)23-16(25)9-29-17(26)8-24-20(27)18-12-5-6-13(15-7-14(12)15)19(18)21(24)28/h1-6,12-15,18-19H,7-9H2,(H,23,25)/t12-,13-,14-,15-,18+,19+/m0/s1. The molecule has 1 saturated heterocycles. The number of benzene rings is 1. The average molecular weight is 398 g/mol. The highest BCUT2D eigenvalue weighted by molar-refractivity contribution is 6.08. The molecule has 0 spiro atoms. The number of nitrogens with one attached hydrogen (secondary N) is 1. The minimum absolute atomic E-state index is 0.0916. The van der Waals surface area contributed by atoms with Crippen LogP contribution in [0.2, 0.25) is 0 Å². The first-order valence-electron chi connectivity index (χ1n) is 9.68. The Labute approximate surface area is 165 Å². The first-order chi connectivity index (χ1) is 13.9. The zero-order valence-corrected chi connectivity index (χ0v) is 15.4. The molecule has 5 aliphatic rings. The van der Waals surface area contributed by atoms with Crippen LogP contribution in [0.1, 0.15) is 6.42 Å². The summed E-state index contributed by atoms with van der Waals surface area (Å²) < 4.78 is 17.8. The third-order valence-electron chi connectivity index (χ3n) is 6.53. The fraction of sp³-hybridized carbons (Fsp3) is 0.429. The van der Waals surface area contributed by atoms with Gasteiger partial charge in [0.05, 0.1) is 11.8 Å². The number of amides is 3. The molecule has 3 fully saturated rings. The molecular weight excluding hydrogens is 379 g/mol. The zero-order chi connectivity index (χ0) is 20.3. The molecule has 6 atom stereocenters. The van der Waals surface area contributed by atoms with E-state index in [1.165, 1.54) is 24.3 Å². The van der Waals surface area contributed by atoms with Gasteiger partial charge >= 0.3 is 5.97 Å². The van der Waals surface area contributed by atoms with Crippen LogP contribution in [-0.4, -0.2) is 41.7 Å². The van der Waals surface area contributed by atoms with Crippen LogP contribution in [0.25, 0.3) is 0 Å². The summed E-state index contributed by atoms with van der Waals surface area (Å²) >= 11 is 0. The van der Waals surface area contributed by atoms with E-state index in [0.717, 1.165) is 11.3 Å². The third kappa shape index (κ3) is 2.94. The van der Waals surface area contributed by atoms with Crippen LogP contribution < -0.4 is 5.32 Å². The number of anilines is 1. The van der Waals surface area contributed by atoms with E-state index < -0.39 is 30.8 Å². The average Bonchev–Trinajstić information content (AvgIpc) is 3.49. The van der Waals surface area contributed by atoms with E-state index in [1.807, 2.05) is 0 Å². The second-order valence-corrected chi connectivity index (χ2v) is 8.13. The molecule has 0 unspecified atom stereocenters. The number of likely N-dealkylation sites (tertiary alicyclic amines) is 1. The van der Waals surface area contributed by atoms with Crippen LogP contribution in [0.5, 0.6) is 0 Å². The Morgan fingerprint density at radius 2 is 1.62 bits per heavy atom. The van der Waals surface area contributed by atoms with E-state index in [0.29, 0.717) is 17.5 Å². The molecule has 29 heavy (non-hydrogen) atoms. The molecule has 4 aliphatic carbocycles. The van der Waals surface area contributed by atoms with E-state index in [-0.39, 0.29) is 35.5 Å². The van der Waals surface area contributed by atoms with Crippen molar-refractivity contribution in [1.82, 2.24) is 4.90 Å². The molecule has 0 aromatic heterocycles. The minimum Gasteiger partial charge on any atom is -0.454 e. The van der Waals surface area contributed by atoms with Crippen LogP contribution in [0.15, 0.2) is 36.4 Å². The molecule has 1 heterocycles. The van der Waals surface area contributed by atoms with Crippen LogP contribution in [-0.2, 0) is 23.9 Å². The van der Waals surface area contributed by atoms with Gasteiger partial charge in [0.1, 0.15) is 12.4 Å². The van der Waals surface area contributed by atoms with Gasteiger partial charge in [-0.2, -0.15) is 0 Å². The lowest BCUT2D eigenvalue weighted by atomic mass is 9.63. The molecular formula is C21H19FN2O5. The highest BCUT2D eigenvalue weighted by atomic mass is 19.1. The van der Waals surface area contributed by atoms with Crippen LogP contribution >= 0.6 is 0 Å². The van der Waals surface area contributed by atoms with Crippen LogP contribution in [0.4, 0.5) is 10.1 Å². The molecule has 1 N–H and O–H groups in total. The number of halogens is 1. The Morgan fingerprint density at radius 1 is 1.03 bits per heavy atom. The third-order valence-corrected chi connectivity index (χ3v) is 6.53. The lowest BCUT2D eigenvalue weighted by Crippen LogP contribution is -2.40. The Bertz CT molecular complexity index is 907. The summed E-state index contributed by atoms with van der Waals surface area (Å²) in [5.41, 5.74) is 0.364. The Balaban J connectivity index is 1.16.